The highest BCUT2D eigenvalue weighted by Gasteiger charge is 2.02. The molecule has 0 bridgehead atoms. The summed E-state index contributed by atoms with van der Waals surface area (Å²) >= 11 is 1.34. The predicted molar refractivity (Wildman–Crippen MR) is 58.6 cm³/mol. The second-order valence-electron chi connectivity index (χ2n) is 3.03. The quantitative estimate of drug-likeness (QED) is 0.833. The third kappa shape index (κ3) is 2.50. The summed E-state index contributed by atoms with van der Waals surface area (Å²) in [6.45, 7) is 0. The van der Waals surface area contributed by atoms with Gasteiger partial charge in [0.2, 0.25) is 0 Å². The monoisotopic (exact) mass is 220 g/mol. The lowest BCUT2D eigenvalue weighted by atomic mass is 10.3. The van der Waals surface area contributed by atoms with Crippen molar-refractivity contribution < 1.29 is 9.50 Å². The maximum atomic E-state index is 13.3. The smallest absolute Gasteiger partial charge is 0.137 e. The fourth-order valence-corrected chi connectivity index (χ4v) is 2.01. The highest BCUT2D eigenvalue weighted by molar-refractivity contribution is 7.99. The number of rotatable bonds is 2. The third-order valence-electron chi connectivity index (χ3n) is 1.90. The van der Waals surface area contributed by atoms with Crippen molar-refractivity contribution in [3.05, 3.63) is 54.3 Å². The molecule has 0 atom stereocenters. The first-order valence-corrected chi connectivity index (χ1v) is 5.29. The summed E-state index contributed by atoms with van der Waals surface area (Å²) < 4.78 is 13.3. The summed E-state index contributed by atoms with van der Waals surface area (Å²) in [7, 11) is 0. The van der Waals surface area contributed by atoms with Gasteiger partial charge in [-0.1, -0.05) is 23.9 Å². The van der Waals surface area contributed by atoms with E-state index in [0.717, 1.165) is 4.90 Å². The molecule has 2 rings (SSSR count). The molecule has 2 aromatic carbocycles. The lowest BCUT2D eigenvalue weighted by Gasteiger charge is -2.02. The van der Waals surface area contributed by atoms with E-state index in [2.05, 4.69) is 0 Å². The van der Waals surface area contributed by atoms with Crippen LogP contribution in [0.4, 0.5) is 4.39 Å². The Bertz CT molecular complexity index is 453. The fraction of sp³-hybridized carbons (Fsp3) is 0. The molecule has 0 radical (unpaired) electrons. The number of hydrogen-bond donors (Lipinski definition) is 1. The van der Waals surface area contributed by atoms with Crippen LogP contribution in [-0.2, 0) is 0 Å². The van der Waals surface area contributed by atoms with Gasteiger partial charge in [0.05, 0.1) is 0 Å². The highest BCUT2D eigenvalue weighted by atomic mass is 32.2. The van der Waals surface area contributed by atoms with Crippen molar-refractivity contribution in [2.45, 2.75) is 9.79 Å². The number of phenolic OH excluding ortho intramolecular Hbond substituents is 1. The third-order valence-corrected chi connectivity index (χ3v) is 2.96. The minimum absolute atomic E-state index is 0.216. The summed E-state index contributed by atoms with van der Waals surface area (Å²) in [5.41, 5.74) is 0. The van der Waals surface area contributed by atoms with Crippen molar-refractivity contribution in [1.29, 1.82) is 0 Å². The standard InChI is InChI=1S/C12H9FOS/c13-11-3-1-2-4-12(11)15-10-7-5-9(14)6-8-10/h1-8,14H. The molecule has 1 nitrogen and oxygen atoms in total. The van der Waals surface area contributed by atoms with Gasteiger partial charge in [-0.2, -0.15) is 0 Å². The van der Waals surface area contributed by atoms with Gasteiger partial charge in [-0.05, 0) is 36.4 Å². The van der Waals surface area contributed by atoms with E-state index in [1.54, 1.807) is 42.5 Å². The van der Waals surface area contributed by atoms with E-state index in [0.29, 0.717) is 4.90 Å². The molecular formula is C12H9FOS. The zero-order chi connectivity index (χ0) is 10.7. The van der Waals surface area contributed by atoms with Crippen molar-refractivity contribution in [2.75, 3.05) is 0 Å². The number of aromatic hydroxyl groups is 1. The van der Waals surface area contributed by atoms with Crippen molar-refractivity contribution in [3.63, 3.8) is 0 Å². The van der Waals surface area contributed by atoms with Crippen LogP contribution in [0.5, 0.6) is 5.75 Å². The van der Waals surface area contributed by atoms with Crippen LogP contribution in [0.1, 0.15) is 0 Å². The van der Waals surface area contributed by atoms with Gasteiger partial charge in [-0.25, -0.2) is 4.39 Å². The van der Waals surface area contributed by atoms with Crippen LogP contribution < -0.4 is 0 Å². The summed E-state index contributed by atoms with van der Waals surface area (Å²) in [4.78, 5) is 1.49. The summed E-state index contributed by atoms with van der Waals surface area (Å²) in [5.74, 6) is -0.0107. The largest absolute Gasteiger partial charge is 0.508 e. The number of halogens is 1. The van der Waals surface area contributed by atoms with E-state index in [1.165, 1.54) is 17.8 Å². The summed E-state index contributed by atoms with van der Waals surface area (Å²) in [6, 6.07) is 13.3. The van der Waals surface area contributed by atoms with Crippen LogP contribution >= 0.6 is 11.8 Å². The Labute approximate surface area is 91.6 Å². The van der Waals surface area contributed by atoms with Crippen molar-refractivity contribution in [3.8, 4) is 5.75 Å². The predicted octanol–water partition coefficient (Wildman–Crippen LogP) is 3.68. The Balaban J connectivity index is 2.22. The Hall–Kier alpha value is -1.48. The molecule has 0 spiro atoms. The van der Waals surface area contributed by atoms with Crippen LogP contribution in [-0.4, -0.2) is 5.11 Å². The molecule has 0 aliphatic carbocycles. The molecule has 0 unspecified atom stereocenters. The average Bonchev–Trinajstić information content (AvgIpc) is 2.25. The molecule has 0 fully saturated rings. The first-order valence-electron chi connectivity index (χ1n) is 4.47. The lowest BCUT2D eigenvalue weighted by molar-refractivity contribution is 0.475. The SMILES string of the molecule is Oc1ccc(Sc2ccccc2F)cc1. The van der Waals surface area contributed by atoms with Crippen LogP contribution in [0, 0.1) is 5.82 Å². The zero-order valence-corrected chi connectivity index (χ0v) is 8.67. The highest BCUT2D eigenvalue weighted by Crippen LogP contribution is 2.30. The minimum Gasteiger partial charge on any atom is -0.508 e. The second kappa shape index (κ2) is 4.36. The molecule has 3 heteroatoms. The molecule has 1 N–H and O–H groups in total. The summed E-state index contributed by atoms with van der Waals surface area (Å²) in [6.07, 6.45) is 0. The minimum atomic E-state index is -0.226. The number of hydrogen-bond acceptors (Lipinski definition) is 2. The Kier molecular flexibility index (Phi) is 2.92. The van der Waals surface area contributed by atoms with Crippen LogP contribution in [0.3, 0.4) is 0 Å². The molecule has 0 saturated carbocycles. The second-order valence-corrected chi connectivity index (χ2v) is 4.14. The zero-order valence-electron chi connectivity index (χ0n) is 7.85. The van der Waals surface area contributed by atoms with Gasteiger partial charge in [0.15, 0.2) is 0 Å². The average molecular weight is 220 g/mol. The lowest BCUT2D eigenvalue weighted by Crippen LogP contribution is -1.79. The van der Waals surface area contributed by atoms with Gasteiger partial charge >= 0.3 is 0 Å². The molecular weight excluding hydrogens is 211 g/mol. The first-order chi connectivity index (χ1) is 7.25. The van der Waals surface area contributed by atoms with Gasteiger partial charge in [-0.15, -0.1) is 0 Å². The van der Waals surface area contributed by atoms with Gasteiger partial charge < -0.3 is 5.11 Å². The molecule has 0 heterocycles. The topological polar surface area (TPSA) is 20.2 Å². The normalized spacial score (nSPS) is 10.2. The Morgan fingerprint density at radius 3 is 2.27 bits per heavy atom. The van der Waals surface area contributed by atoms with E-state index in [9.17, 15) is 4.39 Å². The van der Waals surface area contributed by atoms with Gasteiger partial charge in [0, 0.05) is 9.79 Å². The number of benzene rings is 2. The molecule has 0 aromatic heterocycles. The molecule has 0 aliphatic heterocycles. The van der Waals surface area contributed by atoms with E-state index in [4.69, 9.17) is 5.11 Å². The molecule has 15 heavy (non-hydrogen) atoms. The van der Waals surface area contributed by atoms with E-state index >= 15 is 0 Å². The van der Waals surface area contributed by atoms with E-state index in [1.807, 2.05) is 0 Å². The Morgan fingerprint density at radius 1 is 0.933 bits per heavy atom. The molecule has 76 valence electrons. The molecule has 0 aliphatic rings. The van der Waals surface area contributed by atoms with Crippen molar-refractivity contribution in [1.82, 2.24) is 0 Å². The van der Waals surface area contributed by atoms with Crippen molar-refractivity contribution >= 4 is 11.8 Å². The van der Waals surface area contributed by atoms with Gasteiger partial charge in [0.1, 0.15) is 11.6 Å². The van der Waals surface area contributed by atoms with Crippen LogP contribution in [0.25, 0.3) is 0 Å². The van der Waals surface area contributed by atoms with Crippen LogP contribution in [0.15, 0.2) is 58.3 Å². The van der Waals surface area contributed by atoms with E-state index in [-0.39, 0.29) is 11.6 Å². The van der Waals surface area contributed by atoms with Crippen molar-refractivity contribution in [2.24, 2.45) is 0 Å². The molecule has 0 amide bonds. The Morgan fingerprint density at radius 2 is 1.60 bits per heavy atom. The fourth-order valence-electron chi connectivity index (χ4n) is 1.17. The maximum absolute atomic E-state index is 13.3. The first kappa shape index (κ1) is 10.1. The maximum Gasteiger partial charge on any atom is 0.137 e. The summed E-state index contributed by atoms with van der Waals surface area (Å²) in [5, 5.41) is 9.09. The van der Waals surface area contributed by atoms with Gasteiger partial charge in [0.25, 0.3) is 0 Å². The van der Waals surface area contributed by atoms with Crippen LogP contribution in [0.2, 0.25) is 0 Å². The molecule has 0 saturated heterocycles. The number of phenols is 1. The van der Waals surface area contributed by atoms with Gasteiger partial charge in [-0.3, -0.25) is 0 Å². The van der Waals surface area contributed by atoms with E-state index < -0.39 is 0 Å². The molecule has 2 aromatic rings.